The summed E-state index contributed by atoms with van der Waals surface area (Å²) < 4.78 is 0. The molecule has 1 aromatic carbocycles. The number of nitrogens with zero attached hydrogens (tertiary/aromatic N) is 1. The number of halogens is 1. The Hall–Kier alpha value is -0.770. The molecule has 19 heavy (non-hydrogen) atoms. The Morgan fingerprint density at radius 2 is 2.00 bits per heavy atom. The van der Waals surface area contributed by atoms with Crippen LogP contribution in [0.2, 0.25) is 5.02 Å². The summed E-state index contributed by atoms with van der Waals surface area (Å²) in [6, 6.07) is 6.10. The lowest BCUT2D eigenvalue weighted by atomic mass is 10.1. The molecule has 1 aromatic rings. The predicted octanol–water partition coefficient (Wildman–Crippen LogP) is 3.05. The van der Waals surface area contributed by atoms with Crippen LogP contribution in [-0.2, 0) is 6.54 Å². The first-order valence-electron chi connectivity index (χ1n) is 6.84. The maximum Gasteiger partial charge on any atom is 0.0765 e. The molecule has 0 atom stereocenters. The molecule has 0 amide bonds. The van der Waals surface area contributed by atoms with Crippen molar-refractivity contribution in [3.8, 4) is 0 Å². The lowest BCUT2D eigenvalue weighted by Crippen LogP contribution is -2.38. The number of anilines is 1. The quantitative estimate of drug-likeness (QED) is 0.808. The average Bonchev–Trinajstić information content (AvgIpc) is 2.33. The van der Waals surface area contributed by atoms with Gasteiger partial charge >= 0.3 is 0 Å². The smallest absolute Gasteiger partial charge is 0.0765 e. The highest BCUT2D eigenvalue weighted by Crippen LogP contribution is 2.28. The fraction of sp³-hybridized carbons (Fsp3) is 0.600. The summed E-state index contributed by atoms with van der Waals surface area (Å²) in [5.41, 5.74) is 1.42. The van der Waals surface area contributed by atoms with Gasteiger partial charge in [-0.3, -0.25) is 0 Å². The average molecular weight is 285 g/mol. The van der Waals surface area contributed by atoms with Crippen molar-refractivity contribution < 1.29 is 5.11 Å². The molecule has 4 heteroatoms. The van der Waals surface area contributed by atoms with Gasteiger partial charge in [0.15, 0.2) is 0 Å². The van der Waals surface area contributed by atoms with Gasteiger partial charge in [-0.1, -0.05) is 24.6 Å². The van der Waals surface area contributed by atoms with Crippen LogP contribution in [0.25, 0.3) is 0 Å². The molecular formula is C15H25ClN2O. The number of likely N-dealkylation sites (N-methyl/N-ethyl adjacent to an activating group) is 1. The third-order valence-corrected chi connectivity index (χ3v) is 3.19. The molecule has 0 aliphatic heterocycles. The molecule has 0 saturated carbocycles. The topological polar surface area (TPSA) is 35.5 Å². The van der Waals surface area contributed by atoms with Crippen molar-refractivity contribution in [2.24, 2.45) is 0 Å². The summed E-state index contributed by atoms with van der Waals surface area (Å²) >= 11 is 6.36. The van der Waals surface area contributed by atoms with Gasteiger partial charge in [-0.2, -0.15) is 0 Å². The molecule has 0 unspecified atom stereocenters. The SMILES string of the molecule is CCNCc1ccc(N(CC)CC(C)(C)O)c(Cl)c1. The van der Waals surface area contributed by atoms with E-state index in [0.29, 0.717) is 6.54 Å². The molecule has 0 saturated heterocycles. The van der Waals surface area contributed by atoms with Crippen LogP contribution in [-0.4, -0.2) is 30.3 Å². The fourth-order valence-electron chi connectivity index (χ4n) is 2.02. The highest BCUT2D eigenvalue weighted by Gasteiger charge is 2.19. The standard InChI is InChI=1S/C15H25ClN2O/c1-5-17-10-12-7-8-14(13(16)9-12)18(6-2)11-15(3,4)19/h7-9,17,19H,5-6,10-11H2,1-4H3. The zero-order valence-electron chi connectivity index (χ0n) is 12.3. The Labute approximate surface area is 121 Å². The van der Waals surface area contributed by atoms with E-state index in [2.05, 4.69) is 30.1 Å². The first-order valence-corrected chi connectivity index (χ1v) is 7.21. The summed E-state index contributed by atoms with van der Waals surface area (Å²) in [4.78, 5) is 2.10. The van der Waals surface area contributed by atoms with Gasteiger partial charge in [0.25, 0.3) is 0 Å². The minimum atomic E-state index is -0.734. The van der Waals surface area contributed by atoms with E-state index in [1.165, 1.54) is 5.56 Å². The molecular weight excluding hydrogens is 260 g/mol. The van der Waals surface area contributed by atoms with E-state index in [1.54, 1.807) is 0 Å². The highest BCUT2D eigenvalue weighted by atomic mass is 35.5. The summed E-state index contributed by atoms with van der Waals surface area (Å²) in [7, 11) is 0. The molecule has 0 bridgehead atoms. The van der Waals surface area contributed by atoms with Gasteiger partial charge in [0.2, 0.25) is 0 Å². The van der Waals surface area contributed by atoms with Crippen LogP contribution in [0.5, 0.6) is 0 Å². The van der Waals surface area contributed by atoms with Gasteiger partial charge < -0.3 is 15.3 Å². The van der Waals surface area contributed by atoms with Gasteiger partial charge in [0, 0.05) is 19.6 Å². The molecule has 0 heterocycles. The second-order valence-electron chi connectivity index (χ2n) is 5.39. The third kappa shape index (κ3) is 5.39. The van der Waals surface area contributed by atoms with Crippen molar-refractivity contribution >= 4 is 17.3 Å². The molecule has 0 aromatic heterocycles. The fourth-order valence-corrected chi connectivity index (χ4v) is 2.34. The number of hydrogen-bond acceptors (Lipinski definition) is 3. The summed E-state index contributed by atoms with van der Waals surface area (Å²) in [5, 5.41) is 14.0. The Bertz CT molecular complexity index is 402. The summed E-state index contributed by atoms with van der Waals surface area (Å²) in [6.07, 6.45) is 0. The van der Waals surface area contributed by atoms with Crippen molar-refractivity contribution in [2.45, 2.75) is 39.8 Å². The minimum Gasteiger partial charge on any atom is -0.389 e. The zero-order valence-corrected chi connectivity index (χ0v) is 13.1. The first kappa shape index (κ1) is 16.3. The molecule has 0 aliphatic rings. The Balaban J connectivity index is 2.87. The largest absolute Gasteiger partial charge is 0.389 e. The Morgan fingerprint density at radius 1 is 1.32 bits per heavy atom. The molecule has 0 fully saturated rings. The van der Waals surface area contributed by atoms with Crippen LogP contribution in [0.1, 0.15) is 33.3 Å². The van der Waals surface area contributed by atoms with Crippen molar-refractivity contribution in [3.05, 3.63) is 28.8 Å². The summed E-state index contributed by atoms with van der Waals surface area (Å²) in [6.45, 7) is 10.9. The maximum absolute atomic E-state index is 9.95. The van der Waals surface area contributed by atoms with E-state index < -0.39 is 5.60 Å². The van der Waals surface area contributed by atoms with Crippen molar-refractivity contribution in [2.75, 3.05) is 24.5 Å². The lowest BCUT2D eigenvalue weighted by molar-refractivity contribution is 0.0876. The van der Waals surface area contributed by atoms with E-state index >= 15 is 0 Å². The zero-order chi connectivity index (χ0) is 14.5. The lowest BCUT2D eigenvalue weighted by Gasteiger charge is -2.30. The van der Waals surface area contributed by atoms with E-state index in [9.17, 15) is 5.11 Å². The van der Waals surface area contributed by atoms with Crippen LogP contribution in [0, 0.1) is 0 Å². The maximum atomic E-state index is 9.95. The predicted molar refractivity (Wildman–Crippen MR) is 83.0 cm³/mol. The van der Waals surface area contributed by atoms with E-state index in [1.807, 2.05) is 26.0 Å². The van der Waals surface area contributed by atoms with Crippen molar-refractivity contribution in [1.82, 2.24) is 5.32 Å². The number of aliphatic hydroxyl groups is 1. The van der Waals surface area contributed by atoms with Gasteiger partial charge in [0.05, 0.1) is 16.3 Å². The van der Waals surface area contributed by atoms with Crippen LogP contribution < -0.4 is 10.2 Å². The van der Waals surface area contributed by atoms with E-state index in [4.69, 9.17) is 11.6 Å². The van der Waals surface area contributed by atoms with Crippen LogP contribution in [0.4, 0.5) is 5.69 Å². The monoisotopic (exact) mass is 284 g/mol. The van der Waals surface area contributed by atoms with E-state index in [0.717, 1.165) is 30.3 Å². The minimum absolute atomic E-state index is 0.565. The second kappa shape index (κ2) is 7.13. The molecule has 108 valence electrons. The normalized spacial score (nSPS) is 11.7. The number of benzene rings is 1. The van der Waals surface area contributed by atoms with Crippen LogP contribution in [0.15, 0.2) is 18.2 Å². The van der Waals surface area contributed by atoms with Crippen molar-refractivity contribution in [3.63, 3.8) is 0 Å². The van der Waals surface area contributed by atoms with E-state index in [-0.39, 0.29) is 0 Å². The number of rotatable bonds is 7. The van der Waals surface area contributed by atoms with Gasteiger partial charge in [0.1, 0.15) is 0 Å². The Kier molecular flexibility index (Phi) is 6.11. The third-order valence-electron chi connectivity index (χ3n) is 2.89. The molecule has 3 nitrogen and oxygen atoms in total. The number of hydrogen-bond donors (Lipinski definition) is 2. The van der Waals surface area contributed by atoms with Gasteiger partial charge in [-0.25, -0.2) is 0 Å². The van der Waals surface area contributed by atoms with Crippen LogP contribution in [0.3, 0.4) is 0 Å². The number of nitrogens with one attached hydrogen (secondary N) is 1. The molecule has 2 N–H and O–H groups in total. The highest BCUT2D eigenvalue weighted by molar-refractivity contribution is 6.33. The second-order valence-corrected chi connectivity index (χ2v) is 5.80. The molecule has 0 aliphatic carbocycles. The first-order chi connectivity index (χ1) is 8.87. The van der Waals surface area contributed by atoms with Crippen LogP contribution >= 0.6 is 11.6 Å². The summed E-state index contributed by atoms with van der Waals surface area (Å²) in [5.74, 6) is 0. The van der Waals surface area contributed by atoms with Crippen molar-refractivity contribution in [1.29, 1.82) is 0 Å². The molecule has 0 radical (unpaired) electrons. The molecule has 1 rings (SSSR count). The Morgan fingerprint density at radius 3 is 2.47 bits per heavy atom. The van der Waals surface area contributed by atoms with Gasteiger partial charge in [-0.05, 0) is 45.0 Å². The molecule has 0 spiro atoms. The van der Waals surface area contributed by atoms with Gasteiger partial charge in [-0.15, -0.1) is 0 Å².